The van der Waals surface area contributed by atoms with Gasteiger partial charge in [-0.15, -0.1) is 0 Å². The van der Waals surface area contributed by atoms with Crippen LogP contribution in [0, 0.1) is 0 Å². The first kappa shape index (κ1) is 57.6. The number of ether oxygens (including phenoxy) is 1. The molecule has 0 bridgehead atoms. The van der Waals surface area contributed by atoms with E-state index >= 15 is 0 Å². The van der Waals surface area contributed by atoms with Crippen molar-refractivity contribution in [1.29, 1.82) is 0 Å². The van der Waals surface area contributed by atoms with Crippen LogP contribution < -0.4 is 5.32 Å². The Morgan fingerprint density at radius 2 is 0.917 bits per heavy atom. The third kappa shape index (κ3) is 45.1. The number of carbonyl (C=O) groups is 2. The van der Waals surface area contributed by atoms with Crippen LogP contribution in [0.1, 0.15) is 245 Å². The average molecular weight is 840 g/mol. The summed E-state index contributed by atoms with van der Waals surface area (Å²) in [7, 11) is 0. The molecule has 1 amide bonds. The normalized spacial score (nSPS) is 13.2. The van der Waals surface area contributed by atoms with Gasteiger partial charge in [0, 0.05) is 12.8 Å². The van der Waals surface area contributed by atoms with E-state index in [0.717, 1.165) is 89.9 Å². The molecule has 0 aromatic carbocycles. The largest absolute Gasteiger partial charge is 0.466 e. The molecule has 0 saturated heterocycles. The van der Waals surface area contributed by atoms with Gasteiger partial charge in [0.15, 0.2) is 0 Å². The van der Waals surface area contributed by atoms with Gasteiger partial charge in [0.05, 0.1) is 25.4 Å². The van der Waals surface area contributed by atoms with Gasteiger partial charge < -0.3 is 20.3 Å². The quantitative estimate of drug-likeness (QED) is 0.0246. The molecule has 0 aliphatic heterocycles. The maximum atomic E-state index is 12.4. The Hall–Kier alpha value is -2.44. The summed E-state index contributed by atoms with van der Waals surface area (Å²) < 4.78 is 5.43. The molecule has 0 saturated carbocycles. The molecule has 0 aliphatic rings. The van der Waals surface area contributed by atoms with Gasteiger partial charge in [0.25, 0.3) is 0 Å². The number of aliphatic hydroxyl groups excluding tert-OH is 2. The minimum atomic E-state index is -0.851. The SMILES string of the molecule is CCC/C=C\C/C=C\CCCCCCCC(=O)OCCCCC/C=C\C=C/CCCCCCCCCCCCC(=O)NC(CO)C(O)/C=C/CCCCCCCCCCC. The second-order valence-corrected chi connectivity index (χ2v) is 17.2. The molecular formula is C54H97NO5. The molecule has 0 rings (SSSR count). The van der Waals surface area contributed by atoms with Crippen LogP contribution in [0.15, 0.2) is 60.8 Å². The molecule has 0 heterocycles. The van der Waals surface area contributed by atoms with Crippen molar-refractivity contribution in [2.45, 2.75) is 257 Å². The Labute approximate surface area is 371 Å². The van der Waals surface area contributed by atoms with Crippen molar-refractivity contribution in [2.75, 3.05) is 13.2 Å². The number of nitrogens with one attached hydrogen (secondary N) is 1. The summed E-state index contributed by atoms with van der Waals surface area (Å²) in [5.74, 6) is -0.112. The number of unbranched alkanes of at least 4 members (excludes halogenated alkanes) is 28. The Kier molecular flexibility index (Phi) is 47.2. The first-order valence-corrected chi connectivity index (χ1v) is 25.6. The summed E-state index contributed by atoms with van der Waals surface area (Å²) in [5, 5.41) is 23.0. The molecule has 2 unspecified atom stereocenters. The molecule has 0 radical (unpaired) electrons. The van der Waals surface area contributed by atoms with Crippen LogP contribution in [-0.2, 0) is 14.3 Å². The lowest BCUT2D eigenvalue weighted by Gasteiger charge is -2.20. The van der Waals surface area contributed by atoms with Crippen LogP contribution in [0.2, 0.25) is 0 Å². The Morgan fingerprint density at radius 1 is 0.483 bits per heavy atom. The Morgan fingerprint density at radius 3 is 1.43 bits per heavy atom. The monoisotopic (exact) mass is 840 g/mol. The Bertz CT molecular complexity index is 1060. The van der Waals surface area contributed by atoms with Crippen molar-refractivity contribution in [2.24, 2.45) is 0 Å². The fourth-order valence-electron chi connectivity index (χ4n) is 7.31. The van der Waals surface area contributed by atoms with Gasteiger partial charge in [0.1, 0.15) is 0 Å². The molecule has 0 aromatic rings. The molecule has 2 atom stereocenters. The Balaban J connectivity index is 3.52. The third-order valence-corrected chi connectivity index (χ3v) is 11.3. The summed E-state index contributed by atoms with van der Waals surface area (Å²) in [6, 6.07) is -0.635. The fourth-order valence-corrected chi connectivity index (χ4v) is 7.31. The zero-order chi connectivity index (χ0) is 43.7. The van der Waals surface area contributed by atoms with Gasteiger partial charge in [-0.25, -0.2) is 0 Å². The van der Waals surface area contributed by atoms with Crippen LogP contribution in [0.25, 0.3) is 0 Å². The molecule has 0 aliphatic carbocycles. The van der Waals surface area contributed by atoms with Crippen LogP contribution >= 0.6 is 0 Å². The van der Waals surface area contributed by atoms with Gasteiger partial charge >= 0.3 is 5.97 Å². The van der Waals surface area contributed by atoms with Crippen molar-refractivity contribution in [1.82, 2.24) is 5.32 Å². The molecule has 348 valence electrons. The summed E-state index contributed by atoms with van der Waals surface area (Å²) >= 11 is 0. The number of esters is 1. The van der Waals surface area contributed by atoms with Crippen molar-refractivity contribution >= 4 is 11.9 Å². The molecule has 60 heavy (non-hydrogen) atoms. The number of carbonyl (C=O) groups excluding carboxylic acids is 2. The predicted octanol–water partition coefficient (Wildman–Crippen LogP) is 15.2. The highest BCUT2D eigenvalue weighted by molar-refractivity contribution is 5.76. The number of amides is 1. The summed E-state index contributed by atoms with van der Waals surface area (Å²) in [4.78, 5) is 24.4. The van der Waals surface area contributed by atoms with Crippen LogP contribution in [0.5, 0.6) is 0 Å². The van der Waals surface area contributed by atoms with Crippen LogP contribution in [0.4, 0.5) is 0 Å². The van der Waals surface area contributed by atoms with Gasteiger partial charge in [-0.2, -0.15) is 0 Å². The van der Waals surface area contributed by atoms with E-state index in [4.69, 9.17) is 4.74 Å². The summed E-state index contributed by atoms with van der Waals surface area (Å²) in [6.07, 6.45) is 62.2. The minimum absolute atomic E-state index is 0.0309. The summed E-state index contributed by atoms with van der Waals surface area (Å²) in [6.45, 7) is 4.76. The van der Waals surface area contributed by atoms with E-state index in [9.17, 15) is 19.8 Å². The first-order chi connectivity index (χ1) is 29.5. The number of aliphatic hydroxyl groups is 2. The van der Waals surface area contributed by atoms with Gasteiger partial charge in [-0.05, 0) is 89.9 Å². The van der Waals surface area contributed by atoms with Crippen LogP contribution in [0.3, 0.4) is 0 Å². The van der Waals surface area contributed by atoms with Gasteiger partial charge in [0.2, 0.25) is 5.91 Å². The highest BCUT2D eigenvalue weighted by atomic mass is 16.5. The zero-order valence-corrected chi connectivity index (χ0v) is 39.4. The number of rotatable bonds is 46. The van der Waals surface area contributed by atoms with Crippen molar-refractivity contribution in [3.8, 4) is 0 Å². The van der Waals surface area contributed by atoms with Crippen molar-refractivity contribution < 1.29 is 24.5 Å². The van der Waals surface area contributed by atoms with E-state index in [1.165, 1.54) is 128 Å². The highest BCUT2D eigenvalue weighted by Gasteiger charge is 2.18. The number of hydrogen-bond acceptors (Lipinski definition) is 5. The second-order valence-electron chi connectivity index (χ2n) is 17.2. The maximum Gasteiger partial charge on any atom is 0.305 e. The number of hydrogen-bond donors (Lipinski definition) is 3. The fraction of sp³-hybridized carbons (Fsp3) is 0.778. The van der Waals surface area contributed by atoms with Gasteiger partial charge in [-0.1, -0.05) is 203 Å². The molecule has 0 spiro atoms. The van der Waals surface area contributed by atoms with E-state index in [-0.39, 0.29) is 18.5 Å². The zero-order valence-electron chi connectivity index (χ0n) is 39.4. The minimum Gasteiger partial charge on any atom is -0.466 e. The number of allylic oxidation sites excluding steroid dienone is 9. The van der Waals surface area contributed by atoms with E-state index in [1.54, 1.807) is 6.08 Å². The van der Waals surface area contributed by atoms with E-state index < -0.39 is 12.1 Å². The van der Waals surface area contributed by atoms with E-state index in [0.29, 0.717) is 19.4 Å². The molecular weight excluding hydrogens is 743 g/mol. The molecule has 3 N–H and O–H groups in total. The highest BCUT2D eigenvalue weighted by Crippen LogP contribution is 2.14. The lowest BCUT2D eigenvalue weighted by Crippen LogP contribution is -2.45. The molecule has 0 fully saturated rings. The maximum absolute atomic E-state index is 12.4. The van der Waals surface area contributed by atoms with Crippen molar-refractivity contribution in [3.05, 3.63) is 60.8 Å². The predicted molar refractivity (Wildman–Crippen MR) is 259 cm³/mol. The van der Waals surface area contributed by atoms with Crippen molar-refractivity contribution in [3.63, 3.8) is 0 Å². The molecule has 0 aromatic heterocycles. The lowest BCUT2D eigenvalue weighted by molar-refractivity contribution is -0.143. The first-order valence-electron chi connectivity index (χ1n) is 25.6. The van der Waals surface area contributed by atoms with Crippen LogP contribution in [-0.4, -0.2) is 47.4 Å². The average Bonchev–Trinajstić information content (AvgIpc) is 3.25. The topological polar surface area (TPSA) is 95.9 Å². The lowest BCUT2D eigenvalue weighted by atomic mass is 10.0. The van der Waals surface area contributed by atoms with Gasteiger partial charge in [-0.3, -0.25) is 9.59 Å². The standard InChI is InChI=1S/C54H97NO5/c1-3-5-7-9-11-13-15-23-28-32-36-40-44-48-54(59)60-49-45-41-37-33-29-25-22-20-18-16-17-19-21-24-27-31-35-39-43-47-53(58)55-51(50-56)52(57)46-42-38-34-30-26-14-12-10-8-6-4-2/h7,9,13,15,20,22,25,29,42,46,51-52,56-57H,3-6,8,10-12,14,16-19,21,23-24,26-28,30-41,43-45,47-50H2,1-2H3,(H,55,58)/b9-7-,15-13-,22-20-,29-25-,46-42+. The second kappa shape index (κ2) is 49.2. The smallest absolute Gasteiger partial charge is 0.305 e. The van der Waals surface area contributed by atoms with E-state index in [1.807, 2.05) is 6.08 Å². The molecule has 6 heteroatoms. The summed E-state index contributed by atoms with van der Waals surface area (Å²) in [5.41, 5.74) is 0. The van der Waals surface area contributed by atoms with E-state index in [2.05, 4.69) is 67.8 Å². The third-order valence-electron chi connectivity index (χ3n) is 11.3. The molecule has 6 nitrogen and oxygen atoms in total.